The average Bonchev–Trinajstić information content (AvgIpc) is 2.25. The molecule has 0 bridgehead atoms. The van der Waals surface area contributed by atoms with E-state index in [1.807, 2.05) is 12.1 Å². The Morgan fingerprint density at radius 3 is 2.60 bits per heavy atom. The van der Waals surface area contributed by atoms with E-state index in [0.717, 1.165) is 18.8 Å². The topological polar surface area (TPSA) is 39.9 Å². The Hall–Kier alpha value is -1.56. The van der Waals surface area contributed by atoms with Gasteiger partial charge in [0, 0.05) is 31.2 Å². The summed E-state index contributed by atoms with van der Waals surface area (Å²) in [6.45, 7) is 6.13. The molecule has 3 nitrogen and oxygen atoms in total. The minimum atomic E-state index is 0.565. The molecule has 1 aromatic rings. The zero-order chi connectivity index (χ0) is 11.1. The van der Waals surface area contributed by atoms with E-state index < -0.39 is 0 Å². The molecule has 3 heteroatoms. The molecule has 0 aliphatic carbocycles. The van der Waals surface area contributed by atoms with Gasteiger partial charge in [-0.1, -0.05) is 13.8 Å². The Morgan fingerprint density at radius 2 is 2.07 bits per heavy atom. The number of hydrogen-bond acceptors (Lipinski definition) is 3. The molecule has 0 aliphatic rings. The lowest BCUT2D eigenvalue weighted by Gasteiger charge is -2.25. The number of nitrogens with zero attached hydrogens (tertiary/aromatic N) is 3. The van der Waals surface area contributed by atoms with Crippen LogP contribution in [0.5, 0.6) is 0 Å². The smallest absolute Gasteiger partial charge is 0.0640 e. The third-order valence-electron chi connectivity index (χ3n) is 2.11. The summed E-state index contributed by atoms with van der Waals surface area (Å²) in [5, 5.41) is 8.61. The normalized spacial score (nSPS) is 10.0. The molecule has 1 rings (SSSR count). The molecule has 1 heterocycles. The van der Waals surface area contributed by atoms with Crippen molar-refractivity contribution >= 4 is 5.69 Å². The summed E-state index contributed by atoms with van der Waals surface area (Å²) >= 11 is 0. The SMILES string of the molecule is CC(C)CN(CCC#N)c1ccncc1. The van der Waals surface area contributed by atoms with E-state index in [-0.39, 0.29) is 0 Å². The summed E-state index contributed by atoms with van der Waals surface area (Å²) in [5.41, 5.74) is 1.15. The first-order valence-electron chi connectivity index (χ1n) is 5.26. The Kier molecular flexibility index (Phi) is 4.62. The third kappa shape index (κ3) is 3.99. The highest BCUT2D eigenvalue weighted by molar-refractivity contribution is 5.44. The van der Waals surface area contributed by atoms with Crippen molar-refractivity contribution < 1.29 is 0 Å². The predicted molar refractivity (Wildman–Crippen MR) is 61.5 cm³/mol. The van der Waals surface area contributed by atoms with Crippen LogP contribution in [0.25, 0.3) is 0 Å². The molecule has 15 heavy (non-hydrogen) atoms. The summed E-state index contributed by atoms with van der Waals surface area (Å²) in [7, 11) is 0. The second-order valence-electron chi connectivity index (χ2n) is 3.95. The molecule has 0 aromatic carbocycles. The van der Waals surface area contributed by atoms with Crippen molar-refractivity contribution in [3.05, 3.63) is 24.5 Å². The highest BCUT2D eigenvalue weighted by Gasteiger charge is 2.07. The fourth-order valence-corrected chi connectivity index (χ4v) is 1.51. The fourth-order valence-electron chi connectivity index (χ4n) is 1.51. The zero-order valence-electron chi connectivity index (χ0n) is 9.35. The minimum Gasteiger partial charge on any atom is -0.370 e. The second-order valence-corrected chi connectivity index (χ2v) is 3.95. The average molecular weight is 203 g/mol. The molecule has 0 radical (unpaired) electrons. The molecule has 0 fully saturated rings. The quantitative estimate of drug-likeness (QED) is 0.738. The fraction of sp³-hybridized carbons (Fsp3) is 0.500. The van der Waals surface area contributed by atoms with Crippen molar-refractivity contribution in [1.82, 2.24) is 4.98 Å². The summed E-state index contributed by atoms with van der Waals surface area (Å²) < 4.78 is 0. The van der Waals surface area contributed by atoms with Gasteiger partial charge in [-0.2, -0.15) is 5.26 Å². The van der Waals surface area contributed by atoms with Crippen LogP contribution in [0.15, 0.2) is 24.5 Å². The molecule has 0 spiro atoms. The molecule has 0 aliphatic heterocycles. The maximum Gasteiger partial charge on any atom is 0.0640 e. The molecule has 0 amide bonds. The third-order valence-corrected chi connectivity index (χ3v) is 2.11. The molecular formula is C12H17N3. The summed E-state index contributed by atoms with van der Waals surface area (Å²) in [4.78, 5) is 6.23. The number of aromatic nitrogens is 1. The lowest BCUT2D eigenvalue weighted by atomic mass is 10.2. The van der Waals surface area contributed by atoms with Crippen LogP contribution in [0.2, 0.25) is 0 Å². The maximum atomic E-state index is 8.61. The Bertz CT molecular complexity index is 313. The first-order chi connectivity index (χ1) is 7.24. The van der Waals surface area contributed by atoms with Crippen LogP contribution < -0.4 is 4.90 Å². The highest BCUT2D eigenvalue weighted by Crippen LogP contribution is 2.14. The molecule has 1 aromatic heterocycles. The maximum absolute atomic E-state index is 8.61. The lowest BCUT2D eigenvalue weighted by molar-refractivity contribution is 0.612. The van der Waals surface area contributed by atoms with Crippen LogP contribution in [-0.4, -0.2) is 18.1 Å². The molecule has 0 saturated heterocycles. The van der Waals surface area contributed by atoms with Crippen LogP contribution in [-0.2, 0) is 0 Å². The van der Waals surface area contributed by atoms with E-state index in [4.69, 9.17) is 5.26 Å². The number of anilines is 1. The van der Waals surface area contributed by atoms with Crippen LogP contribution in [0, 0.1) is 17.2 Å². The Labute approximate surface area is 91.4 Å². The number of nitriles is 1. The Balaban J connectivity index is 2.68. The molecule has 0 N–H and O–H groups in total. The van der Waals surface area contributed by atoms with Crippen molar-refractivity contribution in [1.29, 1.82) is 5.26 Å². The van der Waals surface area contributed by atoms with E-state index >= 15 is 0 Å². The van der Waals surface area contributed by atoms with Gasteiger partial charge >= 0.3 is 0 Å². The zero-order valence-corrected chi connectivity index (χ0v) is 9.35. The Morgan fingerprint density at radius 1 is 1.40 bits per heavy atom. The van der Waals surface area contributed by atoms with Gasteiger partial charge in [0.25, 0.3) is 0 Å². The minimum absolute atomic E-state index is 0.565. The van der Waals surface area contributed by atoms with Crippen LogP contribution in [0.3, 0.4) is 0 Å². The van der Waals surface area contributed by atoms with Crippen molar-refractivity contribution in [2.75, 3.05) is 18.0 Å². The van der Waals surface area contributed by atoms with Gasteiger partial charge in [-0.25, -0.2) is 0 Å². The van der Waals surface area contributed by atoms with E-state index in [1.165, 1.54) is 0 Å². The number of rotatable bonds is 5. The van der Waals surface area contributed by atoms with Gasteiger partial charge in [0.2, 0.25) is 0 Å². The van der Waals surface area contributed by atoms with E-state index in [0.29, 0.717) is 12.3 Å². The first-order valence-corrected chi connectivity index (χ1v) is 5.26. The lowest BCUT2D eigenvalue weighted by Crippen LogP contribution is -2.28. The van der Waals surface area contributed by atoms with Gasteiger partial charge in [-0.05, 0) is 18.1 Å². The predicted octanol–water partition coefficient (Wildman–Crippen LogP) is 2.46. The van der Waals surface area contributed by atoms with Gasteiger partial charge < -0.3 is 4.90 Å². The van der Waals surface area contributed by atoms with Crippen molar-refractivity contribution in [2.45, 2.75) is 20.3 Å². The molecular weight excluding hydrogens is 186 g/mol. The summed E-state index contributed by atoms with van der Waals surface area (Å²) in [6.07, 6.45) is 4.14. The van der Waals surface area contributed by atoms with Crippen molar-refractivity contribution in [3.63, 3.8) is 0 Å². The van der Waals surface area contributed by atoms with E-state index in [9.17, 15) is 0 Å². The first kappa shape index (κ1) is 11.5. The molecule has 0 saturated carbocycles. The molecule has 0 atom stereocenters. The van der Waals surface area contributed by atoms with Crippen molar-refractivity contribution in [2.24, 2.45) is 5.92 Å². The van der Waals surface area contributed by atoms with E-state index in [1.54, 1.807) is 12.4 Å². The summed E-state index contributed by atoms with van der Waals surface area (Å²) in [6, 6.07) is 6.16. The number of hydrogen-bond donors (Lipinski definition) is 0. The van der Waals surface area contributed by atoms with E-state index in [2.05, 4.69) is 29.8 Å². The number of pyridine rings is 1. The standard InChI is InChI=1S/C12H17N3/c1-11(2)10-15(9-3-6-13)12-4-7-14-8-5-12/h4-5,7-8,11H,3,9-10H2,1-2H3. The van der Waals surface area contributed by atoms with Gasteiger partial charge in [-0.3, -0.25) is 4.98 Å². The van der Waals surface area contributed by atoms with Gasteiger partial charge in [-0.15, -0.1) is 0 Å². The second kappa shape index (κ2) is 6.02. The van der Waals surface area contributed by atoms with Gasteiger partial charge in [0.15, 0.2) is 0 Å². The van der Waals surface area contributed by atoms with Crippen molar-refractivity contribution in [3.8, 4) is 6.07 Å². The van der Waals surface area contributed by atoms with Crippen LogP contribution in [0.1, 0.15) is 20.3 Å². The van der Waals surface area contributed by atoms with Crippen LogP contribution >= 0.6 is 0 Å². The highest BCUT2D eigenvalue weighted by atomic mass is 15.1. The molecule has 80 valence electrons. The largest absolute Gasteiger partial charge is 0.370 e. The molecule has 0 unspecified atom stereocenters. The van der Waals surface area contributed by atoms with Crippen LogP contribution in [0.4, 0.5) is 5.69 Å². The monoisotopic (exact) mass is 203 g/mol. The summed E-state index contributed by atoms with van der Waals surface area (Å²) in [5.74, 6) is 0.594. The van der Waals surface area contributed by atoms with Gasteiger partial charge in [0.05, 0.1) is 12.5 Å². The van der Waals surface area contributed by atoms with Gasteiger partial charge in [0.1, 0.15) is 0 Å².